The number of nitrogens with two attached hydrogens (primary N) is 1. The van der Waals surface area contributed by atoms with Gasteiger partial charge in [-0.05, 0) is 10.8 Å². The average Bonchev–Trinajstić information content (AvgIpc) is 2.17. The topological polar surface area (TPSA) is 49.9 Å². The van der Waals surface area contributed by atoms with Crippen LogP contribution in [0.1, 0.15) is 0 Å². The van der Waals surface area contributed by atoms with E-state index in [9.17, 15) is 0 Å². The van der Waals surface area contributed by atoms with Crippen molar-refractivity contribution in [3.8, 4) is 0 Å². The van der Waals surface area contributed by atoms with Crippen molar-refractivity contribution < 1.29 is 0 Å². The summed E-state index contributed by atoms with van der Waals surface area (Å²) in [6.07, 6.45) is 0.750. The molecule has 52 valence electrons. The number of halogens is 1. The van der Waals surface area contributed by atoms with Gasteiger partial charge >= 0.3 is 0 Å². The van der Waals surface area contributed by atoms with Crippen LogP contribution >= 0.6 is 35.3 Å². The standard InChI is InChI=1S/C4H4S.CH4N2.HI/c1-2-4-5-3-1;2-1-3;/h1-4H;1H,(H3,2,3);1H. The van der Waals surface area contributed by atoms with Gasteiger partial charge in [0.1, 0.15) is 0 Å². The Hall–Kier alpha value is -0.100. The summed E-state index contributed by atoms with van der Waals surface area (Å²) in [6, 6.07) is 4.04. The predicted octanol–water partition coefficient (Wildman–Crippen LogP) is 1.92. The molecule has 0 amide bonds. The molecule has 1 heterocycles. The molecule has 0 saturated carbocycles. The summed E-state index contributed by atoms with van der Waals surface area (Å²) in [6.45, 7) is 0. The molecule has 0 aliphatic heterocycles. The summed E-state index contributed by atoms with van der Waals surface area (Å²) >= 11 is 1.71. The van der Waals surface area contributed by atoms with Gasteiger partial charge in [-0.1, -0.05) is 12.1 Å². The molecule has 0 aliphatic carbocycles. The molecule has 0 aliphatic rings. The van der Waals surface area contributed by atoms with E-state index in [1.807, 2.05) is 22.9 Å². The van der Waals surface area contributed by atoms with Gasteiger partial charge in [0.15, 0.2) is 0 Å². The van der Waals surface area contributed by atoms with Gasteiger partial charge in [0.25, 0.3) is 0 Å². The molecule has 0 fully saturated rings. The van der Waals surface area contributed by atoms with Crippen molar-refractivity contribution >= 4 is 41.7 Å². The minimum atomic E-state index is 0. The lowest BCUT2D eigenvalue weighted by Gasteiger charge is -1.39. The molecule has 0 unspecified atom stereocenters. The Labute approximate surface area is 75.6 Å². The lowest BCUT2D eigenvalue weighted by atomic mass is 10.7. The van der Waals surface area contributed by atoms with E-state index < -0.39 is 0 Å². The highest BCUT2D eigenvalue weighted by atomic mass is 127. The smallest absolute Gasteiger partial charge is 0.0765 e. The normalized spacial score (nSPS) is 5.78. The molecule has 0 saturated heterocycles. The summed E-state index contributed by atoms with van der Waals surface area (Å²) < 4.78 is 0. The van der Waals surface area contributed by atoms with Crippen molar-refractivity contribution in [2.75, 3.05) is 0 Å². The number of thiophene rings is 1. The highest BCUT2D eigenvalue weighted by Gasteiger charge is 1.58. The van der Waals surface area contributed by atoms with Crippen LogP contribution in [-0.4, -0.2) is 6.34 Å². The molecule has 3 N–H and O–H groups in total. The summed E-state index contributed by atoms with van der Waals surface area (Å²) in [5.74, 6) is 0. The largest absolute Gasteiger partial charge is 0.390 e. The number of hydrogen-bond donors (Lipinski definition) is 2. The Balaban J connectivity index is 0. The Bertz CT molecular complexity index is 101. The molecule has 4 heteroatoms. The SMILES string of the molecule is I.N=CN.c1ccsc1. The van der Waals surface area contributed by atoms with E-state index >= 15 is 0 Å². The summed E-state index contributed by atoms with van der Waals surface area (Å²) in [7, 11) is 0. The first-order valence-electron chi connectivity index (χ1n) is 2.09. The van der Waals surface area contributed by atoms with Gasteiger partial charge in [-0.15, -0.1) is 24.0 Å². The van der Waals surface area contributed by atoms with Gasteiger partial charge in [-0.2, -0.15) is 11.3 Å². The maximum atomic E-state index is 5.86. The van der Waals surface area contributed by atoms with Crippen molar-refractivity contribution in [2.24, 2.45) is 5.73 Å². The first-order chi connectivity index (χ1) is 3.91. The van der Waals surface area contributed by atoms with Crippen LogP contribution in [0.25, 0.3) is 0 Å². The molecule has 9 heavy (non-hydrogen) atoms. The van der Waals surface area contributed by atoms with E-state index in [4.69, 9.17) is 5.41 Å². The van der Waals surface area contributed by atoms with Gasteiger partial charge < -0.3 is 5.73 Å². The molecule has 0 bridgehead atoms. The molecule has 1 aromatic rings. The molecule has 0 aromatic carbocycles. The minimum absolute atomic E-state index is 0. The highest BCUT2D eigenvalue weighted by molar-refractivity contribution is 14.0. The van der Waals surface area contributed by atoms with Gasteiger partial charge in [0.2, 0.25) is 0 Å². The van der Waals surface area contributed by atoms with E-state index in [0.717, 1.165) is 6.34 Å². The van der Waals surface area contributed by atoms with Crippen LogP contribution in [0.5, 0.6) is 0 Å². The van der Waals surface area contributed by atoms with Crippen molar-refractivity contribution in [2.45, 2.75) is 0 Å². The fourth-order valence-corrected chi connectivity index (χ4v) is 0.680. The lowest BCUT2D eigenvalue weighted by molar-refractivity contribution is 1.52. The van der Waals surface area contributed by atoms with E-state index in [1.165, 1.54) is 0 Å². The Morgan fingerprint density at radius 1 is 1.33 bits per heavy atom. The fraction of sp³-hybridized carbons (Fsp3) is 0. The Kier molecular flexibility index (Phi) is 14.0. The molecule has 1 rings (SSSR count). The van der Waals surface area contributed by atoms with Gasteiger partial charge in [-0.3, -0.25) is 5.41 Å². The van der Waals surface area contributed by atoms with Crippen LogP contribution in [0.2, 0.25) is 0 Å². The van der Waals surface area contributed by atoms with Gasteiger partial charge in [0, 0.05) is 0 Å². The third-order valence-electron chi connectivity index (χ3n) is 0.425. The van der Waals surface area contributed by atoms with Crippen LogP contribution < -0.4 is 5.73 Å². The lowest BCUT2D eigenvalue weighted by Crippen LogP contribution is -1.81. The van der Waals surface area contributed by atoms with E-state index in [-0.39, 0.29) is 24.0 Å². The molecule has 2 nitrogen and oxygen atoms in total. The number of rotatable bonds is 0. The first kappa shape index (κ1) is 11.7. The Morgan fingerprint density at radius 3 is 1.78 bits per heavy atom. The van der Waals surface area contributed by atoms with E-state index in [2.05, 4.69) is 5.73 Å². The second-order valence-corrected chi connectivity index (χ2v) is 1.78. The molecule has 1 aromatic heterocycles. The van der Waals surface area contributed by atoms with Crippen molar-refractivity contribution in [1.29, 1.82) is 5.41 Å². The second-order valence-electron chi connectivity index (χ2n) is 0.960. The van der Waals surface area contributed by atoms with Gasteiger partial charge in [-0.25, -0.2) is 0 Å². The second kappa shape index (κ2) is 10.8. The molecular weight excluding hydrogens is 247 g/mol. The third-order valence-corrected chi connectivity index (χ3v) is 1.05. The zero-order chi connectivity index (χ0) is 6.24. The monoisotopic (exact) mass is 256 g/mol. The van der Waals surface area contributed by atoms with Crippen LogP contribution in [0.4, 0.5) is 0 Å². The first-order valence-corrected chi connectivity index (χ1v) is 3.04. The molecule has 0 radical (unpaired) electrons. The zero-order valence-corrected chi connectivity index (χ0v) is 7.93. The molecule has 0 spiro atoms. The van der Waals surface area contributed by atoms with Crippen molar-refractivity contribution in [3.63, 3.8) is 0 Å². The van der Waals surface area contributed by atoms with Crippen molar-refractivity contribution in [1.82, 2.24) is 0 Å². The molecule has 0 atom stereocenters. The van der Waals surface area contributed by atoms with Crippen LogP contribution in [0.15, 0.2) is 22.9 Å². The van der Waals surface area contributed by atoms with Crippen molar-refractivity contribution in [3.05, 3.63) is 22.9 Å². The molecular formula is C5H9IN2S. The van der Waals surface area contributed by atoms with E-state index in [1.54, 1.807) is 11.3 Å². The number of nitrogens with one attached hydrogen (secondary N) is 1. The maximum absolute atomic E-state index is 5.86. The highest BCUT2D eigenvalue weighted by Crippen LogP contribution is 1.91. The van der Waals surface area contributed by atoms with E-state index in [0.29, 0.717) is 0 Å². The maximum Gasteiger partial charge on any atom is 0.0765 e. The van der Waals surface area contributed by atoms with Gasteiger partial charge in [0.05, 0.1) is 6.34 Å². The van der Waals surface area contributed by atoms with Crippen LogP contribution in [0, 0.1) is 5.41 Å². The van der Waals surface area contributed by atoms with Crippen LogP contribution in [-0.2, 0) is 0 Å². The zero-order valence-electron chi connectivity index (χ0n) is 4.78. The Morgan fingerprint density at radius 2 is 1.67 bits per heavy atom. The third kappa shape index (κ3) is 11.5. The number of hydrogen-bond acceptors (Lipinski definition) is 2. The van der Waals surface area contributed by atoms with Crippen LogP contribution in [0.3, 0.4) is 0 Å². The fourth-order valence-electron chi connectivity index (χ4n) is 0.227. The summed E-state index contributed by atoms with van der Waals surface area (Å²) in [5.41, 5.74) is 4.39. The minimum Gasteiger partial charge on any atom is -0.390 e. The summed E-state index contributed by atoms with van der Waals surface area (Å²) in [5, 5.41) is 9.94. The average molecular weight is 256 g/mol. The predicted molar refractivity (Wildman–Crippen MR) is 52.7 cm³/mol. The summed E-state index contributed by atoms with van der Waals surface area (Å²) in [4.78, 5) is 0. The quantitative estimate of drug-likeness (QED) is 0.416.